The van der Waals surface area contributed by atoms with E-state index < -0.39 is 0 Å². The number of hydrogen-bond acceptors (Lipinski definition) is 3. The number of rotatable bonds is 3. The minimum atomic E-state index is -0.107. The molecule has 2 N–H and O–H groups in total. The molecule has 3 heteroatoms. The Bertz CT molecular complexity index is 588. The first-order valence-corrected chi connectivity index (χ1v) is 8.14. The molecular formula is C17H22N2S. The molecule has 1 atom stereocenters. The number of benzene rings is 1. The third-order valence-corrected chi connectivity index (χ3v) is 4.83. The van der Waals surface area contributed by atoms with Crippen molar-refractivity contribution in [3.8, 4) is 0 Å². The Morgan fingerprint density at radius 3 is 2.35 bits per heavy atom. The minimum Gasteiger partial charge on any atom is -0.318 e. The lowest BCUT2D eigenvalue weighted by atomic mass is 9.93. The van der Waals surface area contributed by atoms with Crippen LogP contribution in [-0.4, -0.2) is 4.98 Å². The van der Waals surface area contributed by atoms with Crippen LogP contribution in [0.4, 0.5) is 0 Å². The largest absolute Gasteiger partial charge is 0.318 e. The molecule has 1 heterocycles. The first-order chi connectivity index (χ1) is 9.45. The minimum absolute atomic E-state index is 0.0876. The summed E-state index contributed by atoms with van der Waals surface area (Å²) in [5, 5.41) is 3.14. The molecule has 0 saturated heterocycles. The van der Waals surface area contributed by atoms with Crippen molar-refractivity contribution in [3.05, 3.63) is 51.5 Å². The molecule has 2 aromatic rings. The Labute approximate surface area is 125 Å². The summed E-state index contributed by atoms with van der Waals surface area (Å²) in [7, 11) is 0. The Morgan fingerprint density at radius 2 is 1.85 bits per heavy atom. The van der Waals surface area contributed by atoms with Crippen LogP contribution >= 0.6 is 11.3 Å². The van der Waals surface area contributed by atoms with E-state index in [1.54, 1.807) is 11.3 Å². The summed E-state index contributed by atoms with van der Waals surface area (Å²) in [6.45, 7) is 6.55. The van der Waals surface area contributed by atoms with E-state index in [1.165, 1.54) is 18.4 Å². The molecule has 0 radical (unpaired) electrons. The summed E-state index contributed by atoms with van der Waals surface area (Å²) in [6, 6.07) is 8.67. The predicted molar refractivity (Wildman–Crippen MR) is 85.3 cm³/mol. The van der Waals surface area contributed by atoms with Gasteiger partial charge in [-0.15, -0.1) is 11.3 Å². The summed E-state index contributed by atoms with van der Waals surface area (Å²) in [4.78, 5) is 4.72. The lowest BCUT2D eigenvalue weighted by Crippen LogP contribution is -2.15. The van der Waals surface area contributed by atoms with Crippen LogP contribution in [0.2, 0.25) is 0 Å². The van der Waals surface area contributed by atoms with Crippen molar-refractivity contribution in [2.24, 2.45) is 5.73 Å². The molecule has 1 saturated carbocycles. The average molecular weight is 286 g/mol. The van der Waals surface area contributed by atoms with Crippen molar-refractivity contribution in [2.75, 3.05) is 0 Å². The van der Waals surface area contributed by atoms with E-state index in [2.05, 4.69) is 50.4 Å². The van der Waals surface area contributed by atoms with Crippen molar-refractivity contribution >= 4 is 11.3 Å². The van der Waals surface area contributed by atoms with E-state index in [0.29, 0.717) is 0 Å². The lowest BCUT2D eigenvalue weighted by Gasteiger charge is -2.15. The molecule has 1 aromatic heterocycles. The smallest absolute Gasteiger partial charge is 0.114 e. The van der Waals surface area contributed by atoms with Crippen LogP contribution in [0.25, 0.3) is 0 Å². The van der Waals surface area contributed by atoms with Crippen LogP contribution in [0, 0.1) is 0 Å². The first-order valence-electron chi connectivity index (χ1n) is 7.26. The van der Waals surface area contributed by atoms with Gasteiger partial charge >= 0.3 is 0 Å². The van der Waals surface area contributed by atoms with Crippen LogP contribution in [0.5, 0.6) is 0 Å². The van der Waals surface area contributed by atoms with E-state index in [4.69, 9.17) is 10.7 Å². The molecule has 3 rings (SSSR count). The zero-order valence-electron chi connectivity index (χ0n) is 12.4. The standard InChI is InChI=1S/C17H22N2S/c1-17(2,3)14-10-20-16(19-14)15(18)13-8-6-12(7-9-13)11-4-5-11/h6-11,15H,4-5,18H2,1-3H3. The van der Waals surface area contributed by atoms with E-state index in [0.717, 1.165) is 22.2 Å². The molecule has 1 aromatic carbocycles. The van der Waals surface area contributed by atoms with Gasteiger partial charge in [0, 0.05) is 10.8 Å². The highest BCUT2D eigenvalue weighted by atomic mass is 32.1. The molecule has 0 amide bonds. The van der Waals surface area contributed by atoms with Gasteiger partial charge in [-0.2, -0.15) is 0 Å². The summed E-state index contributed by atoms with van der Waals surface area (Å²) < 4.78 is 0. The SMILES string of the molecule is CC(C)(C)c1csc(C(N)c2ccc(C3CC3)cc2)n1. The van der Waals surface area contributed by atoms with Crippen LogP contribution in [0.1, 0.15) is 67.4 Å². The van der Waals surface area contributed by atoms with Crippen molar-refractivity contribution < 1.29 is 0 Å². The van der Waals surface area contributed by atoms with Gasteiger partial charge in [-0.05, 0) is 29.9 Å². The highest BCUT2D eigenvalue weighted by Gasteiger charge is 2.24. The fourth-order valence-electron chi connectivity index (χ4n) is 2.31. The molecule has 106 valence electrons. The van der Waals surface area contributed by atoms with Gasteiger partial charge in [0.25, 0.3) is 0 Å². The molecular weight excluding hydrogens is 264 g/mol. The summed E-state index contributed by atoms with van der Waals surface area (Å²) in [5.41, 5.74) is 10.2. The van der Waals surface area contributed by atoms with E-state index in [1.807, 2.05) is 0 Å². The third kappa shape index (κ3) is 2.79. The second kappa shape index (κ2) is 4.97. The third-order valence-electron chi connectivity index (χ3n) is 3.90. The summed E-state index contributed by atoms with van der Waals surface area (Å²) in [6.07, 6.45) is 2.68. The zero-order valence-corrected chi connectivity index (χ0v) is 13.2. The highest BCUT2D eigenvalue weighted by molar-refractivity contribution is 7.09. The van der Waals surface area contributed by atoms with Gasteiger partial charge in [-0.1, -0.05) is 45.0 Å². The Kier molecular flexibility index (Phi) is 3.43. The first kappa shape index (κ1) is 13.8. The maximum atomic E-state index is 6.36. The number of aromatic nitrogens is 1. The number of nitrogens with zero attached hydrogens (tertiary/aromatic N) is 1. The molecule has 2 nitrogen and oxygen atoms in total. The molecule has 20 heavy (non-hydrogen) atoms. The van der Waals surface area contributed by atoms with Gasteiger partial charge in [0.15, 0.2) is 0 Å². The van der Waals surface area contributed by atoms with Gasteiger partial charge in [-0.3, -0.25) is 0 Å². The van der Waals surface area contributed by atoms with Crippen molar-refractivity contribution in [2.45, 2.75) is 51.0 Å². The van der Waals surface area contributed by atoms with Crippen LogP contribution < -0.4 is 5.73 Å². The van der Waals surface area contributed by atoms with Crippen LogP contribution in [0.15, 0.2) is 29.6 Å². The Balaban J connectivity index is 1.80. The van der Waals surface area contributed by atoms with E-state index in [9.17, 15) is 0 Å². The monoisotopic (exact) mass is 286 g/mol. The molecule has 1 aliphatic rings. The lowest BCUT2D eigenvalue weighted by molar-refractivity contribution is 0.569. The van der Waals surface area contributed by atoms with Gasteiger partial charge in [0.2, 0.25) is 0 Å². The molecule has 1 unspecified atom stereocenters. The molecule has 0 aliphatic heterocycles. The second-order valence-electron chi connectivity index (χ2n) is 6.74. The van der Waals surface area contributed by atoms with Crippen molar-refractivity contribution in [1.82, 2.24) is 4.98 Å². The summed E-state index contributed by atoms with van der Waals surface area (Å²) in [5.74, 6) is 0.799. The molecule has 0 bridgehead atoms. The maximum absolute atomic E-state index is 6.36. The quantitative estimate of drug-likeness (QED) is 0.910. The highest BCUT2D eigenvalue weighted by Crippen LogP contribution is 2.40. The van der Waals surface area contributed by atoms with Gasteiger partial charge < -0.3 is 5.73 Å². The second-order valence-corrected chi connectivity index (χ2v) is 7.63. The Hall–Kier alpha value is -1.19. The number of thiazole rings is 1. The topological polar surface area (TPSA) is 38.9 Å². The molecule has 1 fully saturated rings. The normalized spacial score (nSPS) is 17.2. The molecule has 1 aliphatic carbocycles. The van der Waals surface area contributed by atoms with E-state index in [-0.39, 0.29) is 11.5 Å². The van der Waals surface area contributed by atoms with E-state index >= 15 is 0 Å². The van der Waals surface area contributed by atoms with Gasteiger partial charge in [0.05, 0.1) is 11.7 Å². The fraction of sp³-hybridized carbons (Fsp3) is 0.471. The van der Waals surface area contributed by atoms with Crippen molar-refractivity contribution in [1.29, 1.82) is 0 Å². The van der Waals surface area contributed by atoms with Crippen LogP contribution in [0.3, 0.4) is 0 Å². The van der Waals surface area contributed by atoms with Gasteiger partial charge in [0.1, 0.15) is 5.01 Å². The number of nitrogens with two attached hydrogens (primary N) is 1. The predicted octanol–water partition coefficient (Wildman–Crippen LogP) is 4.37. The summed E-state index contributed by atoms with van der Waals surface area (Å²) >= 11 is 1.67. The van der Waals surface area contributed by atoms with Crippen LogP contribution in [-0.2, 0) is 5.41 Å². The maximum Gasteiger partial charge on any atom is 0.114 e. The Morgan fingerprint density at radius 1 is 1.20 bits per heavy atom. The van der Waals surface area contributed by atoms with Crippen molar-refractivity contribution in [3.63, 3.8) is 0 Å². The number of hydrogen-bond donors (Lipinski definition) is 1. The average Bonchev–Trinajstić information content (AvgIpc) is 3.13. The fourth-order valence-corrected chi connectivity index (χ4v) is 3.38. The molecule has 0 spiro atoms. The van der Waals surface area contributed by atoms with Gasteiger partial charge in [-0.25, -0.2) is 4.98 Å². The zero-order chi connectivity index (χ0) is 14.3.